The van der Waals surface area contributed by atoms with Gasteiger partial charge in [-0.25, -0.2) is 8.42 Å². The molecule has 0 aliphatic heterocycles. The van der Waals surface area contributed by atoms with Crippen molar-refractivity contribution in [3.05, 3.63) is 98.5 Å². The lowest BCUT2D eigenvalue weighted by Gasteiger charge is -2.34. The highest BCUT2D eigenvalue weighted by atomic mass is 35.5. The quantitative estimate of drug-likeness (QED) is 0.253. The number of aryl methyl sites for hydroxylation is 1. The van der Waals surface area contributed by atoms with Crippen LogP contribution in [0.3, 0.4) is 0 Å². The average Bonchev–Trinajstić information content (AvgIpc) is 2.91. The second-order valence-electron chi connectivity index (χ2n) is 9.98. The summed E-state index contributed by atoms with van der Waals surface area (Å²) in [6.45, 7) is 4.97. The van der Waals surface area contributed by atoms with Gasteiger partial charge in [0.15, 0.2) is 0 Å². The summed E-state index contributed by atoms with van der Waals surface area (Å²) in [5.41, 5.74) is 2.29. The second kappa shape index (κ2) is 14.4. The first kappa shape index (κ1) is 32.7. The molecule has 0 aliphatic carbocycles. The molecular formula is C30H34Cl3N3O4S. The molecule has 2 amide bonds. The fourth-order valence-electron chi connectivity index (χ4n) is 4.27. The van der Waals surface area contributed by atoms with Crippen LogP contribution in [0.15, 0.2) is 66.7 Å². The van der Waals surface area contributed by atoms with Gasteiger partial charge in [-0.15, -0.1) is 0 Å². The summed E-state index contributed by atoms with van der Waals surface area (Å²) >= 11 is 18.8. The number of rotatable bonds is 12. The summed E-state index contributed by atoms with van der Waals surface area (Å²) < 4.78 is 27.0. The minimum atomic E-state index is -3.92. The molecule has 41 heavy (non-hydrogen) atoms. The molecule has 0 fully saturated rings. The van der Waals surface area contributed by atoms with Gasteiger partial charge in [0, 0.05) is 34.1 Å². The van der Waals surface area contributed by atoms with Crippen LogP contribution in [0, 0.1) is 6.92 Å². The van der Waals surface area contributed by atoms with Crippen molar-refractivity contribution in [2.45, 2.75) is 52.2 Å². The third-order valence-electron chi connectivity index (χ3n) is 6.75. The largest absolute Gasteiger partial charge is 0.352 e. The maximum Gasteiger partial charge on any atom is 0.244 e. The van der Waals surface area contributed by atoms with E-state index in [9.17, 15) is 18.0 Å². The predicted molar refractivity (Wildman–Crippen MR) is 167 cm³/mol. The van der Waals surface area contributed by atoms with Crippen LogP contribution < -0.4 is 9.62 Å². The van der Waals surface area contributed by atoms with Crippen molar-refractivity contribution < 1.29 is 18.0 Å². The van der Waals surface area contributed by atoms with Crippen LogP contribution in [-0.4, -0.2) is 50.0 Å². The predicted octanol–water partition coefficient (Wildman–Crippen LogP) is 6.28. The molecule has 0 radical (unpaired) electrons. The van der Waals surface area contributed by atoms with Crippen molar-refractivity contribution in [3.8, 4) is 0 Å². The van der Waals surface area contributed by atoms with Gasteiger partial charge < -0.3 is 10.2 Å². The van der Waals surface area contributed by atoms with Crippen molar-refractivity contribution in [1.82, 2.24) is 10.2 Å². The lowest BCUT2D eigenvalue weighted by Crippen LogP contribution is -2.54. The lowest BCUT2D eigenvalue weighted by atomic mass is 10.0. The van der Waals surface area contributed by atoms with Crippen molar-refractivity contribution in [2.24, 2.45) is 0 Å². The molecule has 0 saturated carbocycles. The Morgan fingerprint density at radius 3 is 2.20 bits per heavy atom. The van der Waals surface area contributed by atoms with Gasteiger partial charge in [0.25, 0.3) is 0 Å². The van der Waals surface area contributed by atoms with E-state index in [4.69, 9.17) is 34.8 Å². The second-order valence-corrected chi connectivity index (χ2v) is 13.2. The monoisotopic (exact) mass is 637 g/mol. The number of hydrogen-bond donors (Lipinski definition) is 1. The van der Waals surface area contributed by atoms with Crippen LogP contribution in [0.1, 0.15) is 37.0 Å². The molecule has 7 nitrogen and oxygen atoms in total. The maximum atomic E-state index is 14.2. The summed E-state index contributed by atoms with van der Waals surface area (Å²) in [5, 5.41) is 4.06. The summed E-state index contributed by atoms with van der Waals surface area (Å²) in [6.07, 6.45) is 1.92. The Bertz CT molecular complexity index is 1490. The molecule has 0 spiro atoms. The number of halogens is 3. The van der Waals surface area contributed by atoms with Crippen LogP contribution in [0.25, 0.3) is 0 Å². The Morgan fingerprint density at radius 2 is 1.59 bits per heavy atom. The minimum Gasteiger partial charge on any atom is -0.352 e. The van der Waals surface area contributed by atoms with Gasteiger partial charge in [0.05, 0.1) is 11.9 Å². The third kappa shape index (κ3) is 9.10. The van der Waals surface area contributed by atoms with E-state index in [-0.39, 0.29) is 30.6 Å². The number of hydrogen-bond acceptors (Lipinski definition) is 4. The first-order valence-electron chi connectivity index (χ1n) is 13.1. The number of carbonyl (C=O) groups excluding carboxylic acids is 2. The molecule has 2 unspecified atom stereocenters. The van der Waals surface area contributed by atoms with Crippen molar-refractivity contribution >= 4 is 62.3 Å². The zero-order valence-corrected chi connectivity index (χ0v) is 26.5. The molecule has 11 heteroatoms. The Morgan fingerprint density at radius 1 is 0.951 bits per heavy atom. The van der Waals surface area contributed by atoms with Crippen LogP contribution in [-0.2, 0) is 32.6 Å². The van der Waals surface area contributed by atoms with Crippen LogP contribution >= 0.6 is 34.8 Å². The fourth-order valence-corrected chi connectivity index (χ4v) is 5.81. The van der Waals surface area contributed by atoms with E-state index in [1.54, 1.807) is 37.3 Å². The molecule has 0 aliphatic rings. The summed E-state index contributed by atoms with van der Waals surface area (Å²) in [5.74, 6) is -0.937. The van der Waals surface area contributed by atoms with E-state index in [0.29, 0.717) is 32.6 Å². The van der Waals surface area contributed by atoms with E-state index < -0.39 is 28.5 Å². The maximum absolute atomic E-state index is 14.2. The molecule has 220 valence electrons. The first-order valence-corrected chi connectivity index (χ1v) is 16.1. The van der Waals surface area contributed by atoms with E-state index in [1.165, 1.54) is 11.0 Å². The fraction of sp³-hybridized carbons (Fsp3) is 0.333. The molecule has 0 heterocycles. The Labute approximate surface area is 257 Å². The Balaban J connectivity index is 2.12. The molecule has 0 saturated heterocycles. The SMILES string of the molecule is CCC(C)NC(=O)C(Cc1ccccc1)N(Cc1ccc(Cl)cc1Cl)C(=O)CN(c1cc(Cl)ccc1C)S(C)(=O)=O. The Kier molecular flexibility index (Phi) is 11.5. The number of nitrogens with one attached hydrogen (secondary N) is 1. The molecular weight excluding hydrogens is 605 g/mol. The summed E-state index contributed by atoms with van der Waals surface area (Å²) in [6, 6.07) is 17.9. The van der Waals surface area contributed by atoms with Gasteiger partial charge in [-0.2, -0.15) is 0 Å². The zero-order valence-electron chi connectivity index (χ0n) is 23.4. The number of anilines is 1. The summed E-state index contributed by atoms with van der Waals surface area (Å²) in [7, 11) is -3.92. The number of nitrogens with zero attached hydrogens (tertiary/aromatic N) is 2. The van der Waals surface area contributed by atoms with Crippen molar-refractivity contribution in [3.63, 3.8) is 0 Å². The van der Waals surface area contributed by atoms with Crippen molar-refractivity contribution in [2.75, 3.05) is 17.1 Å². The van der Waals surface area contributed by atoms with E-state index in [0.717, 1.165) is 16.1 Å². The number of carbonyl (C=O) groups is 2. The molecule has 2 atom stereocenters. The summed E-state index contributed by atoms with van der Waals surface area (Å²) in [4.78, 5) is 29.3. The molecule has 0 bridgehead atoms. The van der Waals surface area contributed by atoms with Crippen LogP contribution in [0.4, 0.5) is 5.69 Å². The van der Waals surface area contributed by atoms with Gasteiger partial charge >= 0.3 is 0 Å². The highest BCUT2D eigenvalue weighted by Gasteiger charge is 2.34. The van der Waals surface area contributed by atoms with E-state index >= 15 is 0 Å². The first-order chi connectivity index (χ1) is 19.3. The zero-order chi connectivity index (χ0) is 30.3. The normalized spacial score (nSPS) is 12.9. The van der Waals surface area contributed by atoms with Gasteiger partial charge in [-0.1, -0.05) is 84.2 Å². The molecule has 1 N–H and O–H groups in total. The van der Waals surface area contributed by atoms with Gasteiger partial charge in [-0.3, -0.25) is 13.9 Å². The molecule has 3 aromatic rings. The van der Waals surface area contributed by atoms with Crippen molar-refractivity contribution in [1.29, 1.82) is 0 Å². The average molecular weight is 639 g/mol. The topological polar surface area (TPSA) is 86.8 Å². The lowest BCUT2D eigenvalue weighted by molar-refractivity contribution is -0.140. The molecule has 3 rings (SSSR count). The van der Waals surface area contributed by atoms with Gasteiger partial charge in [-0.05, 0) is 61.2 Å². The standard InChI is InChI=1S/C30H34Cl3N3O4S/c1-5-21(3)34-30(38)28(15-22-9-7-6-8-10-22)35(18-23-12-14-24(31)16-26(23)33)29(37)19-36(41(4,39)40)27-17-25(32)13-11-20(27)2/h6-14,16-17,21,28H,5,15,18-19H2,1-4H3,(H,34,38). The smallest absolute Gasteiger partial charge is 0.244 e. The molecule has 3 aromatic carbocycles. The van der Waals surface area contributed by atoms with E-state index in [2.05, 4.69) is 5.32 Å². The third-order valence-corrected chi connectivity index (χ3v) is 8.70. The van der Waals surface area contributed by atoms with Crippen LogP contribution in [0.5, 0.6) is 0 Å². The minimum absolute atomic E-state index is 0.0492. The van der Waals surface area contributed by atoms with Crippen LogP contribution in [0.2, 0.25) is 15.1 Å². The highest BCUT2D eigenvalue weighted by molar-refractivity contribution is 7.92. The number of sulfonamides is 1. The number of benzene rings is 3. The van der Waals surface area contributed by atoms with E-state index in [1.807, 2.05) is 44.2 Å². The van der Waals surface area contributed by atoms with Gasteiger partial charge in [0.1, 0.15) is 12.6 Å². The Hall–Kier alpha value is -2.78. The van der Waals surface area contributed by atoms with Gasteiger partial charge in [0.2, 0.25) is 21.8 Å². The number of amides is 2. The molecule has 0 aromatic heterocycles. The highest BCUT2D eigenvalue weighted by Crippen LogP contribution is 2.28.